The zero-order valence-electron chi connectivity index (χ0n) is 45.8. The van der Waals surface area contributed by atoms with E-state index in [0.717, 1.165) is 70.6 Å². The van der Waals surface area contributed by atoms with Crippen molar-refractivity contribution in [3.8, 4) is 0 Å². The second kappa shape index (κ2) is 57.9. The number of carbonyl (C=O) groups excluding carboxylic acids is 3. The highest BCUT2D eigenvalue weighted by Gasteiger charge is 2.19. The Labute approximate surface area is 432 Å². The topological polar surface area (TPSA) is 78.9 Å². The molecule has 0 aliphatic carbocycles. The molecule has 6 nitrogen and oxygen atoms in total. The number of hydrogen-bond donors (Lipinski definition) is 0. The van der Waals surface area contributed by atoms with E-state index in [1.165, 1.54) is 148 Å². The third kappa shape index (κ3) is 55.3. The number of rotatable bonds is 52. The van der Waals surface area contributed by atoms with Crippen LogP contribution in [0, 0.1) is 0 Å². The summed E-state index contributed by atoms with van der Waals surface area (Å²) in [5, 5.41) is 0. The molecular weight excluding hydrogens is 865 g/mol. The molecule has 0 amide bonds. The first-order valence-corrected chi connectivity index (χ1v) is 29.2. The Morgan fingerprint density at radius 3 is 0.857 bits per heavy atom. The van der Waals surface area contributed by atoms with Crippen LogP contribution in [0.4, 0.5) is 0 Å². The van der Waals surface area contributed by atoms with E-state index in [9.17, 15) is 14.4 Å². The third-order valence-electron chi connectivity index (χ3n) is 12.3. The van der Waals surface area contributed by atoms with Gasteiger partial charge in [0.05, 0.1) is 0 Å². The molecule has 0 spiro atoms. The van der Waals surface area contributed by atoms with Gasteiger partial charge in [0.25, 0.3) is 0 Å². The molecule has 6 heteroatoms. The van der Waals surface area contributed by atoms with Crippen molar-refractivity contribution in [2.75, 3.05) is 13.2 Å². The number of unbranched alkanes of at least 4 members (excludes halogenated alkanes) is 25. The molecular formula is C64H108O6. The van der Waals surface area contributed by atoms with Crippen molar-refractivity contribution >= 4 is 17.9 Å². The lowest BCUT2D eigenvalue weighted by Crippen LogP contribution is -2.30. The van der Waals surface area contributed by atoms with Crippen molar-refractivity contribution in [3.63, 3.8) is 0 Å². The van der Waals surface area contributed by atoms with Gasteiger partial charge in [-0.2, -0.15) is 0 Å². The minimum absolute atomic E-state index is 0.115. The molecule has 0 bridgehead atoms. The van der Waals surface area contributed by atoms with Crippen molar-refractivity contribution in [2.45, 2.75) is 277 Å². The molecule has 0 unspecified atom stereocenters. The predicted octanol–water partition coefficient (Wildman–Crippen LogP) is 19.7. The van der Waals surface area contributed by atoms with Crippen LogP contribution in [0.1, 0.15) is 271 Å². The molecule has 1 atom stereocenters. The van der Waals surface area contributed by atoms with Crippen LogP contribution in [0.2, 0.25) is 0 Å². The first kappa shape index (κ1) is 66.3. The van der Waals surface area contributed by atoms with Crippen LogP contribution in [-0.4, -0.2) is 37.2 Å². The van der Waals surface area contributed by atoms with Crippen LogP contribution in [0.5, 0.6) is 0 Å². The van der Waals surface area contributed by atoms with E-state index in [0.29, 0.717) is 19.3 Å². The normalized spacial score (nSPS) is 12.8. The molecule has 400 valence electrons. The molecule has 0 aromatic heterocycles. The standard InChI is InChI=1S/C64H108O6/c1-4-7-10-13-16-19-22-25-28-31-34-36-39-42-45-48-51-54-57-63(66)69-60-61(70-64(67)58-55-52-49-46-43-40-37-33-30-27-24-21-18-15-12-9-6-3)59-68-62(65)56-53-50-47-44-41-38-35-32-29-26-23-20-17-14-11-8-5-2/h17-18,20-21,26-27,29-30,35,37-38,40,44,46-47,49,61H,4-16,19,22-25,28,31-34,36,39,41-43,45,48,50-60H2,1-3H3/b20-17+,21-18+,29-26+,30-27+,38-35+,40-37+,47-44+,49-46+/t61-/m1/s1. The monoisotopic (exact) mass is 973 g/mol. The molecule has 0 saturated heterocycles. The van der Waals surface area contributed by atoms with E-state index < -0.39 is 6.10 Å². The summed E-state index contributed by atoms with van der Waals surface area (Å²) in [7, 11) is 0. The smallest absolute Gasteiger partial charge is 0.306 e. The number of hydrogen-bond acceptors (Lipinski definition) is 6. The lowest BCUT2D eigenvalue weighted by Gasteiger charge is -2.18. The van der Waals surface area contributed by atoms with Crippen molar-refractivity contribution in [1.29, 1.82) is 0 Å². The molecule has 0 aliphatic heterocycles. The zero-order chi connectivity index (χ0) is 50.7. The molecule has 0 aromatic rings. The lowest BCUT2D eigenvalue weighted by atomic mass is 10.0. The van der Waals surface area contributed by atoms with Gasteiger partial charge < -0.3 is 14.2 Å². The van der Waals surface area contributed by atoms with Gasteiger partial charge in [-0.15, -0.1) is 0 Å². The second-order valence-electron chi connectivity index (χ2n) is 19.2. The van der Waals surface area contributed by atoms with Crippen LogP contribution >= 0.6 is 0 Å². The highest BCUT2D eigenvalue weighted by molar-refractivity contribution is 5.71. The van der Waals surface area contributed by atoms with Gasteiger partial charge in [0.2, 0.25) is 0 Å². The van der Waals surface area contributed by atoms with E-state index in [-0.39, 0.29) is 44.0 Å². The summed E-state index contributed by atoms with van der Waals surface area (Å²) in [6, 6.07) is 0. The molecule has 0 rings (SSSR count). The number of carbonyl (C=O) groups is 3. The molecule has 0 fully saturated rings. The number of allylic oxidation sites excluding steroid dienone is 16. The van der Waals surface area contributed by atoms with E-state index in [1.54, 1.807) is 0 Å². The molecule has 0 N–H and O–H groups in total. The van der Waals surface area contributed by atoms with Crippen LogP contribution in [0.3, 0.4) is 0 Å². The minimum atomic E-state index is -0.828. The summed E-state index contributed by atoms with van der Waals surface area (Å²) in [6.45, 7) is 6.51. The van der Waals surface area contributed by atoms with Crippen molar-refractivity contribution in [3.05, 3.63) is 97.2 Å². The second-order valence-corrected chi connectivity index (χ2v) is 19.2. The first-order valence-electron chi connectivity index (χ1n) is 29.2. The summed E-state index contributed by atoms with van der Waals surface area (Å²) < 4.78 is 16.8. The van der Waals surface area contributed by atoms with E-state index in [1.807, 2.05) is 0 Å². The largest absolute Gasteiger partial charge is 0.462 e. The minimum Gasteiger partial charge on any atom is -0.462 e. The fourth-order valence-corrected chi connectivity index (χ4v) is 7.90. The third-order valence-corrected chi connectivity index (χ3v) is 12.3. The Balaban J connectivity index is 4.53. The molecule has 0 aliphatic rings. The summed E-state index contributed by atoms with van der Waals surface area (Å²) in [6.07, 6.45) is 76.9. The SMILES string of the molecule is CCCCC/C=C/C/C=C/C/C=C/C/C=C/CCCC(=O)OC[C@H](COC(=O)CCCCCCCCCCCCCCCCCCCC)OC(=O)CCC/C=C/C/C=C/C/C=C/C/C=C/CCCCC. The lowest BCUT2D eigenvalue weighted by molar-refractivity contribution is -0.167. The van der Waals surface area contributed by atoms with E-state index >= 15 is 0 Å². The summed E-state index contributed by atoms with van der Waals surface area (Å²) >= 11 is 0. The van der Waals surface area contributed by atoms with Gasteiger partial charge in [0, 0.05) is 19.3 Å². The molecule has 70 heavy (non-hydrogen) atoms. The Bertz CT molecular complexity index is 1400. The number of ether oxygens (including phenoxy) is 3. The maximum Gasteiger partial charge on any atom is 0.306 e. The van der Waals surface area contributed by atoms with Crippen LogP contribution in [0.25, 0.3) is 0 Å². The summed E-state index contributed by atoms with van der Waals surface area (Å²) in [5.74, 6) is -1.02. The zero-order valence-corrected chi connectivity index (χ0v) is 45.8. The molecule has 0 heterocycles. The van der Waals surface area contributed by atoms with Gasteiger partial charge in [-0.1, -0.05) is 253 Å². The highest BCUT2D eigenvalue weighted by atomic mass is 16.6. The fraction of sp³-hybridized carbons (Fsp3) is 0.703. The van der Waals surface area contributed by atoms with Gasteiger partial charge in [-0.05, 0) is 96.3 Å². The Morgan fingerprint density at radius 1 is 0.286 bits per heavy atom. The van der Waals surface area contributed by atoms with Crippen LogP contribution < -0.4 is 0 Å². The Hall–Kier alpha value is -3.67. The Morgan fingerprint density at radius 2 is 0.529 bits per heavy atom. The van der Waals surface area contributed by atoms with E-state index in [2.05, 4.69) is 118 Å². The van der Waals surface area contributed by atoms with Gasteiger partial charge >= 0.3 is 17.9 Å². The molecule has 0 saturated carbocycles. The van der Waals surface area contributed by atoms with Gasteiger partial charge in [0.15, 0.2) is 6.10 Å². The van der Waals surface area contributed by atoms with Crippen molar-refractivity contribution in [2.24, 2.45) is 0 Å². The average Bonchev–Trinajstić information content (AvgIpc) is 3.36. The van der Waals surface area contributed by atoms with Crippen LogP contribution in [0.15, 0.2) is 97.2 Å². The Kier molecular flexibility index (Phi) is 54.9. The summed E-state index contributed by atoms with van der Waals surface area (Å²) in [5.41, 5.74) is 0. The van der Waals surface area contributed by atoms with Gasteiger partial charge in [-0.3, -0.25) is 14.4 Å². The highest BCUT2D eigenvalue weighted by Crippen LogP contribution is 2.15. The maximum absolute atomic E-state index is 12.8. The molecule has 0 aromatic carbocycles. The summed E-state index contributed by atoms with van der Waals surface area (Å²) in [4.78, 5) is 38.1. The average molecular weight is 974 g/mol. The van der Waals surface area contributed by atoms with Crippen molar-refractivity contribution < 1.29 is 28.6 Å². The first-order chi connectivity index (χ1) is 34.5. The van der Waals surface area contributed by atoms with Crippen molar-refractivity contribution in [1.82, 2.24) is 0 Å². The fourth-order valence-electron chi connectivity index (χ4n) is 7.90. The van der Waals surface area contributed by atoms with Crippen LogP contribution in [-0.2, 0) is 28.6 Å². The number of esters is 3. The quantitative estimate of drug-likeness (QED) is 0.0262. The van der Waals surface area contributed by atoms with Gasteiger partial charge in [0.1, 0.15) is 13.2 Å². The van der Waals surface area contributed by atoms with Gasteiger partial charge in [-0.25, -0.2) is 0 Å². The predicted molar refractivity (Wildman–Crippen MR) is 302 cm³/mol. The molecule has 0 radical (unpaired) electrons. The van der Waals surface area contributed by atoms with E-state index in [4.69, 9.17) is 14.2 Å². The maximum atomic E-state index is 12.8.